The molecule has 2 heterocycles. The maximum Gasteiger partial charge on any atom is 0.0192 e. The van der Waals surface area contributed by atoms with Crippen LogP contribution in [0.5, 0.6) is 0 Å². The largest absolute Gasteiger partial charge is 0.316 e. The Morgan fingerprint density at radius 2 is 1.71 bits per heavy atom. The highest BCUT2D eigenvalue weighted by atomic mass is 15.3. The summed E-state index contributed by atoms with van der Waals surface area (Å²) < 4.78 is 0. The molecule has 1 N–H and O–H groups in total. The van der Waals surface area contributed by atoms with Gasteiger partial charge in [-0.1, -0.05) is 0 Å². The quantitative estimate of drug-likeness (QED) is 0.742. The summed E-state index contributed by atoms with van der Waals surface area (Å²) in [6, 6.07) is 0.719. The van der Waals surface area contributed by atoms with E-state index in [0.717, 1.165) is 6.04 Å². The first kappa shape index (κ1) is 13.3. The number of piperidine rings is 1. The van der Waals surface area contributed by atoms with Crippen molar-refractivity contribution in [2.75, 3.05) is 66.5 Å². The lowest BCUT2D eigenvalue weighted by molar-refractivity contribution is 0.122. The molecule has 2 saturated heterocycles. The molecule has 1 unspecified atom stereocenters. The van der Waals surface area contributed by atoms with Crippen LogP contribution in [0, 0.1) is 0 Å². The lowest BCUT2D eigenvalue weighted by Gasteiger charge is -2.36. The first-order valence-corrected chi connectivity index (χ1v) is 7.08. The van der Waals surface area contributed by atoms with Gasteiger partial charge in [-0.3, -0.25) is 4.90 Å². The van der Waals surface area contributed by atoms with Crippen molar-refractivity contribution in [2.24, 2.45) is 0 Å². The van der Waals surface area contributed by atoms with Crippen molar-refractivity contribution in [2.45, 2.75) is 18.9 Å². The summed E-state index contributed by atoms with van der Waals surface area (Å²) >= 11 is 0. The molecule has 0 bridgehead atoms. The standard InChI is InChI=1S/C13H28N4/c1-14-13-4-3-5-17(12-13)11-10-16-8-6-15(2)7-9-16/h13-14H,3-12H2,1-2H3. The summed E-state index contributed by atoms with van der Waals surface area (Å²) in [5.74, 6) is 0. The number of likely N-dealkylation sites (N-methyl/N-ethyl adjacent to an activating group) is 2. The van der Waals surface area contributed by atoms with Gasteiger partial charge in [-0.25, -0.2) is 0 Å². The summed E-state index contributed by atoms with van der Waals surface area (Å²) in [7, 11) is 4.31. The number of rotatable bonds is 4. The van der Waals surface area contributed by atoms with Gasteiger partial charge >= 0.3 is 0 Å². The third-order valence-electron chi connectivity index (χ3n) is 4.24. The summed E-state index contributed by atoms with van der Waals surface area (Å²) in [5.41, 5.74) is 0. The second-order valence-corrected chi connectivity index (χ2v) is 5.57. The molecule has 0 radical (unpaired) electrons. The average molecular weight is 240 g/mol. The van der Waals surface area contributed by atoms with Crippen LogP contribution in [-0.2, 0) is 0 Å². The van der Waals surface area contributed by atoms with Crippen molar-refractivity contribution in [3.63, 3.8) is 0 Å². The zero-order valence-corrected chi connectivity index (χ0v) is 11.5. The van der Waals surface area contributed by atoms with E-state index in [-0.39, 0.29) is 0 Å². The molecule has 2 fully saturated rings. The molecule has 2 rings (SSSR count). The Labute approximate surface area is 106 Å². The molecule has 17 heavy (non-hydrogen) atoms. The van der Waals surface area contributed by atoms with Gasteiger partial charge in [0.2, 0.25) is 0 Å². The van der Waals surface area contributed by atoms with Gasteiger partial charge < -0.3 is 15.1 Å². The number of nitrogens with one attached hydrogen (secondary N) is 1. The van der Waals surface area contributed by atoms with Crippen molar-refractivity contribution in [3.05, 3.63) is 0 Å². The molecule has 0 aliphatic carbocycles. The molecular weight excluding hydrogens is 212 g/mol. The van der Waals surface area contributed by atoms with Gasteiger partial charge in [0.25, 0.3) is 0 Å². The Kier molecular flexibility index (Phi) is 5.22. The second kappa shape index (κ2) is 6.69. The van der Waals surface area contributed by atoms with Crippen LogP contribution >= 0.6 is 0 Å². The molecule has 100 valence electrons. The summed E-state index contributed by atoms with van der Waals surface area (Å²) in [6.07, 6.45) is 2.70. The van der Waals surface area contributed by atoms with Gasteiger partial charge in [0, 0.05) is 51.9 Å². The minimum Gasteiger partial charge on any atom is -0.316 e. The maximum absolute atomic E-state index is 3.42. The molecule has 4 nitrogen and oxygen atoms in total. The van der Waals surface area contributed by atoms with Gasteiger partial charge in [0.1, 0.15) is 0 Å². The smallest absolute Gasteiger partial charge is 0.0192 e. The first-order chi connectivity index (χ1) is 8.28. The van der Waals surface area contributed by atoms with Crippen LogP contribution in [0.25, 0.3) is 0 Å². The maximum atomic E-state index is 3.42. The number of hydrogen-bond donors (Lipinski definition) is 1. The average Bonchev–Trinajstić information content (AvgIpc) is 2.38. The van der Waals surface area contributed by atoms with E-state index in [0.29, 0.717) is 0 Å². The number of piperazine rings is 1. The summed E-state index contributed by atoms with van der Waals surface area (Å²) in [5, 5.41) is 3.42. The summed E-state index contributed by atoms with van der Waals surface area (Å²) in [6.45, 7) is 10.0. The van der Waals surface area contributed by atoms with Gasteiger partial charge in [-0.05, 0) is 33.5 Å². The minimum atomic E-state index is 0.719. The molecule has 0 spiro atoms. The fraction of sp³-hybridized carbons (Fsp3) is 1.00. The third kappa shape index (κ3) is 4.21. The van der Waals surface area contributed by atoms with Crippen LogP contribution in [0.15, 0.2) is 0 Å². The number of likely N-dealkylation sites (tertiary alicyclic amines) is 1. The Balaban J connectivity index is 1.64. The number of nitrogens with zero attached hydrogens (tertiary/aromatic N) is 3. The van der Waals surface area contributed by atoms with Crippen LogP contribution in [0.4, 0.5) is 0 Å². The van der Waals surface area contributed by atoms with Crippen LogP contribution in [0.3, 0.4) is 0 Å². The molecule has 1 atom stereocenters. The van der Waals surface area contributed by atoms with Crippen molar-refractivity contribution >= 4 is 0 Å². The molecule has 0 aromatic carbocycles. The van der Waals surface area contributed by atoms with Crippen LogP contribution in [-0.4, -0.2) is 87.2 Å². The third-order valence-corrected chi connectivity index (χ3v) is 4.24. The Bertz CT molecular complexity index is 213. The van der Waals surface area contributed by atoms with E-state index >= 15 is 0 Å². The number of hydrogen-bond acceptors (Lipinski definition) is 4. The Morgan fingerprint density at radius 3 is 2.41 bits per heavy atom. The van der Waals surface area contributed by atoms with E-state index in [2.05, 4.69) is 34.1 Å². The SMILES string of the molecule is CNC1CCCN(CCN2CCN(C)CC2)C1. The van der Waals surface area contributed by atoms with E-state index in [1.165, 1.54) is 65.2 Å². The minimum absolute atomic E-state index is 0.719. The fourth-order valence-corrected chi connectivity index (χ4v) is 2.85. The monoisotopic (exact) mass is 240 g/mol. The fourth-order valence-electron chi connectivity index (χ4n) is 2.85. The molecule has 2 aliphatic rings. The zero-order chi connectivity index (χ0) is 12.1. The molecular formula is C13H28N4. The molecule has 4 heteroatoms. The second-order valence-electron chi connectivity index (χ2n) is 5.57. The van der Waals surface area contributed by atoms with Crippen LogP contribution < -0.4 is 5.32 Å². The lowest BCUT2D eigenvalue weighted by Crippen LogP contribution is -2.50. The first-order valence-electron chi connectivity index (χ1n) is 7.08. The van der Waals surface area contributed by atoms with E-state index in [1.807, 2.05) is 0 Å². The van der Waals surface area contributed by atoms with E-state index in [9.17, 15) is 0 Å². The van der Waals surface area contributed by atoms with Gasteiger partial charge in [-0.2, -0.15) is 0 Å². The predicted octanol–water partition coefficient (Wildman–Crippen LogP) is -0.0824. The highest BCUT2D eigenvalue weighted by Crippen LogP contribution is 2.09. The van der Waals surface area contributed by atoms with Gasteiger partial charge in [-0.15, -0.1) is 0 Å². The Hall–Kier alpha value is -0.160. The Morgan fingerprint density at radius 1 is 1.00 bits per heavy atom. The molecule has 0 aromatic heterocycles. The van der Waals surface area contributed by atoms with E-state index in [1.54, 1.807) is 0 Å². The van der Waals surface area contributed by atoms with Crippen molar-refractivity contribution in [1.82, 2.24) is 20.0 Å². The molecule has 0 saturated carbocycles. The van der Waals surface area contributed by atoms with Crippen molar-refractivity contribution in [3.8, 4) is 0 Å². The van der Waals surface area contributed by atoms with Crippen molar-refractivity contribution < 1.29 is 0 Å². The molecule has 2 aliphatic heterocycles. The van der Waals surface area contributed by atoms with E-state index < -0.39 is 0 Å². The highest BCUT2D eigenvalue weighted by molar-refractivity contribution is 4.78. The zero-order valence-electron chi connectivity index (χ0n) is 11.5. The van der Waals surface area contributed by atoms with Gasteiger partial charge in [0.15, 0.2) is 0 Å². The van der Waals surface area contributed by atoms with Crippen molar-refractivity contribution in [1.29, 1.82) is 0 Å². The molecule has 0 amide bonds. The van der Waals surface area contributed by atoms with Crippen LogP contribution in [0.2, 0.25) is 0 Å². The summed E-state index contributed by atoms with van der Waals surface area (Å²) in [4.78, 5) is 7.67. The topological polar surface area (TPSA) is 21.8 Å². The van der Waals surface area contributed by atoms with Crippen LogP contribution in [0.1, 0.15) is 12.8 Å². The lowest BCUT2D eigenvalue weighted by atomic mass is 10.1. The predicted molar refractivity (Wildman–Crippen MR) is 72.5 cm³/mol. The van der Waals surface area contributed by atoms with Gasteiger partial charge in [0.05, 0.1) is 0 Å². The normalized spacial score (nSPS) is 29.6. The highest BCUT2D eigenvalue weighted by Gasteiger charge is 2.19. The van der Waals surface area contributed by atoms with E-state index in [4.69, 9.17) is 0 Å². The molecule has 0 aromatic rings.